The molecular weight excluding hydrogens is 289 g/mol. The average molecular weight is 310 g/mol. The van der Waals surface area contributed by atoms with Crippen molar-refractivity contribution in [1.29, 1.82) is 0 Å². The van der Waals surface area contributed by atoms with Crippen molar-refractivity contribution in [1.82, 2.24) is 15.1 Å². The quantitative estimate of drug-likeness (QED) is 0.885. The number of rotatable bonds is 6. The van der Waals surface area contributed by atoms with Crippen LogP contribution in [-0.2, 0) is 13.5 Å². The van der Waals surface area contributed by atoms with Gasteiger partial charge >= 0.3 is 0 Å². The molecule has 0 fully saturated rings. The number of halogens is 2. The molecule has 0 bridgehead atoms. The molecule has 0 saturated carbocycles. The van der Waals surface area contributed by atoms with Gasteiger partial charge in [-0.15, -0.1) is 0 Å². The molecule has 1 aromatic heterocycles. The Morgan fingerprint density at radius 1 is 1.33 bits per heavy atom. The third-order valence-corrected chi connectivity index (χ3v) is 4.18. The van der Waals surface area contributed by atoms with Gasteiger partial charge in [-0.2, -0.15) is 5.10 Å². The van der Waals surface area contributed by atoms with Crippen LogP contribution >= 0.6 is 11.6 Å². The van der Waals surface area contributed by atoms with Crippen molar-refractivity contribution in [2.75, 3.05) is 13.1 Å². The smallest absolute Gasteiger partial charge is 0.130 e. The molecule has 2 aromatic rings. The maximum atomic E-state index is 13.1. The Morgan fingerprint density at radius 2 is 2.00 bits per heavy atom. The maximum Gasteiger partial charge on any atom is 0.130 e. The van der Waals surface area contributed by atoms with E-state index in [4.69, 9.17) is 11.6 Å². The second-order valence-corrected chi connectivity index (χ2v) is 5.60. The fraction of sp³-hybridized carbons (Fsp3) is 0.438. The van der Waals surface area contributed by atoms with Crippen molar-refractivity contribution in [2.45, 2.75) is 26.2 Å². The van der Waals surface area contributed by atoms with Crippen LogP contribution in [-0.4, -0.2) is 22.9 Å². The Balaban J connectivity index is 2.25. The zero-order valence-corrected chi connectivity index (χ0v) is 13.4. The second-order valence-electron chi connectivity index (χ2n) is 5.24. The molecule has 0 saturated heterocycles. The van der Waals surface area contributed by atoms with Crippen LogP contribution in [0.15, 0.2) is 24.3 Å². The maximum absolute atomic E-state index is 13.1. The first-order valence-electron chi connectivity index (χ1n) is 7.17. The summed E-state index contributed by atoms with van der Waals surface area (Å²) in [6.45, 7) is 5.77. The molecule has 1 N–H and O–H groups in total. The van der Waals surface area contributed by atoms with E-state index in [2.05, 4.69) is 17.3 Å². The summed E-state index contributed by atoms with van der Waals surface area (Å²) in [5.41, 5.74) is 3.12. The van der Waals surface area contributed by atoms with Gasteiger partial charge < -0.3 is 5.32 Å². The van der Waals surface area contributed by atoms with Crippen molar-refractivity contribution >= 4 is 11.6 Å². The fourth-order valence-electron chi connectivity index (χ4n) is 2.51. The monoisotopic (exact) mass is 309 g/mol. The lowest BCUT2D eigenvalue weighted by Crippen LogP contribution is -2.23. The summed E-state index contributed by atoms with van der Waals surface area (Å²) in [6.07, 6.45) is 0.789. The Bertz CT molecular complexity index is 592. The minimum absolute atomic E-state index is 0.212. The molecule has 5 heteroatoms. The van der Waals surface area contributed by atoms with Gasteiger partial charge in [0.15, 0.2) is 0 Å². The highest BCUT2D eigenvalue weighted by molar-refractivity contribution is 6.30. The van der Waals surface area contributed by atoms with Crippen LogP contribution in [0.3, 0.4) is 0 Å². The first-order chi connectivity index (χ1) is 10.0. The molecule has 3 nitrogen and oxygen atoms in total. The minimum Gasteiger partial charge on any atom is -0.316 e. The number of aromatic nitrogens is 2. The third-order valence-electron chi connectivity index (χ3n) is 3.70. The van der Waals surface area contributed by atoms with Crippen molar-refractivity contribution < 1.29 is 4.39 Å². The minimum atomic E-state index is -0.212. The number of aryl methyl sites for hydroxylation is 2. The molecule has 114 valence electrons. The lowest BCUT2D eigenvalue weighted by Gasteiger charge is -2.18. The molecule has 0 aliphatic carbocycles. The summed E-state index contributed by atoms with van der Waals surface area (Å²) in [5.74, 6) is 0.0301. The molecule has 1 unspecified atom stereocenters. The van der Waals surface area contributed by atoms with E-state index in [-0.39, 0.29) is 11.7 Å². The third kappa shape index (κ3) is 3.83. The number of likely N-dealkylation sites (N-methyl/N-ethyl adjacent to an activating group) is 1. The molecule has 0 aliphatic rings. The molecule has 1 aromatic carbocycles. The second kappa shape index (κ2) is 7.05. The van der Waals surface area contributed by atoms with E-state index >= 15 is 0 Å². The van der Waals surface area contributed by atoms with E-state index in [1.807, 2.05) is 26.1 Å². The number of benzene rings is 1. The number of nitrogens with one attached hydrogen (secondary N) is 1. The highest BCUT2D eigenvalue weighted by Crippen LogP contribution is 2.27. The van der Waals surface area contributed by atoms with Gasteiger partial charge in [-0.25, -0.2) is 4.39 Å². The molecule has 0 amide bonds. The summed E-state index contributed by atoms with van der Waals surface area (Å²) < 4.78 is 14.8. The number of hydrogen-bond acceptors (Lipinski definition) is 2. The van der Waals surface area contributed by atoms with Crippen molar-refractivity contribution in [2.24, 2.45) is 7.05 Å². The van der Waals surface area contributed by atoms with Gasteiger partial charge in [0, 0.05) is 25.1 Å². The van der Waals surface area contributed by atoms with Gasteiger partial charge in [0.2, 0.25) is 0 Å². The highest BCUT2D eigenvalue weighted by Gasteiger charge is 2.18. The molecular formula is C16H21ClFN3. The lowest BCUT2D eigenvalue weighted by molar-refractivity contribution is 0.589. The van der Waals surface area contributed by atoms with E-state index in [0.717, 1.165) is 36.3 Å². The fourth-order valence-corrected chi connectivity index (χ4v) is 2.77. The van der Waals surface area contributed by atoms with Gasteiger partial charge in [-0.3, -0.25) is 4.68 Å². The van der Waals surface area contributed by atoms with Crippen LogP contribution in [0, 0.1) is 12.7 Å². The Morgan fingerprint density at radius 3 is 2.52 bits per heavy atom. The SMILES string of the molecule is CCNCC(Cc1c(C)nn(C)c1Cl)c1ccc(F)cc1. The largest absolute Gasteiger partial charge is 0.316 e. The van der Waals surface area contributed by atoms with Crippen molar-refractivity contribution in [3.63, 3.8) is 0 Å². The first-order valence-corrected chi connectivity index (χ1v) is 7.54. The number of nitrogens with zero attached hydrogens (tertiary/aromatic N) is 2. The van der Waals surface area contributed by atoms with E-state index in [0.29, 0.717) is 5.15 Å². The van der Waals surface area contributed by atoms with Crippen LogP contribution in [0.4, 0.5) is 4.39 Å². The van der Waals surface area contributed by atoms with Crippen molar-refractivity contribution in [3.8, 4) is 0 Å². The summed E-state index contributed by atoms with van der Waals surface area (Å²) in [7, 11) is 1.84. The molecule has 2 rings (SSSR count). The first kappa shape index (κ1) is 16.0. The van der Waals surface area contributed by atoms with E-state index in [1.165, 1.54) is 12.1 Å². The van der Waals surface area contributed by atoms with E-state index in [9.17, 15) is 4.39 Å². The number of hydrogen-bond donors (Lipinski definition) is 1. The molecule has 1 heterocycles. The summed E-state index contributed by atoms with van der Waals surface area (Å²) in [4.78, 5) is 0. The average Bonchev–Trinajstić information content (AvgIpc) is 2.70. The van der Waals surface area contributed by atoms with Crippen LogP contribution in [0.25, 0.3) is 0 Å². The summed E-state index contributed by atoms with van der Waals surface area (Å²) in [5, 5.41) is 8.40. The Labute approximate surface area is 130 Å². The van der Waals surface area contributed by atoms with Gasteiger partial charge in [-0.05, 0) is 37.6 Å². The molecule has 0 spiro atoms. The van der Waals surface area contributed by atoms with E-state index in [1.54, 1.807) is 4.68 Å². The zero-order valence-electron chi connectivity index (χ0n) is 12.7. The molecule has 1 atom stereocenters. The van der Waals surface area contributed by atoms with Gasteiger partial charge in [0.1, 0.15) is 11.0 Å². The normalized spacial score (nSPS) is 12.6. The topological polar surface area (TPSA) is 29.9 Å². The van der Waals surface area contributed by atoms with Crippen molar-refractivity contribution in [3.05, 3.63) is 52.1 Å². The molecule has 21 heavy (non-hydrogen) atoms. The standard InChI is InChI=1S/C16H21ClFN3/c1-4-19-10-13(12-5-7-14(18)8-6-12)9-15-11(2)20-21(3)16(15)17/h5-8,13,19H,4,9-10H2,1-3H3. The Kier molecular flexibility index (Phi) is 5.37. The zero-order chi connectivity index (χ0) is 15.4. The van der Waals surface area contributed by atoms with Crippen LogP contribution in [0.5, 0.6) is 0 Å². The van der Waals surface area contributed by atoms with Gasteiger partial charge in [-0.1, -0.05) is 30.7 Å². The Hall–Kier alpha value is -1.39. The summed E-state index contributed by atoms with van der Waals surface area (Å²) in [6, 6.07) is 6.70. The van der Waals surface area contributed by atoms with Crippen LogP contribution < -0.4 is 5.32 Å². The summed E-state index contributed by atoms with van der Waals surface area (Å²) >= 11 is 6.32. The van der Waals surface area contributed by atoms with Gasteiger partial charge in [0.25, 0.3) is 0 Å². The molecule has 0 aliphatic heterocycles. The highest BCUT2D eigenvalue weighted by atomic mass is 35.5. The van der Waals surface area contributed by atoms with Gasteiger partial charge in [0.05, 0.1) is 5.69 Å². The van der Waals surface area contributed by atoms with Crippen LogP contribution in [0.2, 0.25) is 5.15 Å². The molecule has 0 radical (unpaired) electrons. The van der Waals surface area contributed by atoms with E-state index < -0.39 is 0 Å². The predicted molar refractivity (Wildman–Crippen MR) is 84.3 cm³/mol. The predicted octanol–water partition coefficient (Wildman–Crippen LogP) is 3.46. The van der Waals surface area contributed by atoms with Crippen LogP contribution in [0.1, 0.15) is 29.7 Å². The lowest BCUT2D eigenvalue weighted by atomic mass is 9.92.